The first-order valence-electron chi connectivity index (χ1n) is 5.66. The molecule has 106 valence electrons. The summed E-state index contributed by atoms with van der Waals surface area (Å²) in [7, 11) is -3.94. The Hall–Kier alpha value is -1.11. The minimum atomic E-state index is -3.94. The highest BCUT2D eigenvalue weighted by atomic mass is 35.5. The number of aliphatic carboxylic acids is 1. The van der Waals surface area contributed by atoms with E-state index in [0.29, 0.717) is 5.56 Å². The van der Waals surface area contributed by atoms with Crippen LogP contribution < -0.4 is 4.72 Å². The molecule has 0 aliphatic heterocycles. The molecule has 2 N–H and O–H groups in total. The van der Waals surface area contributed by atoms with E-state index in [4.69, 9.17) is 16.7 Å². The molecule has 1 aromatic carbocycles. The first kappa shape index (κ1) is 15.9. The van der Waals surface area contributed by atoms with Gasteiger partial charge in [-0.15, -0.1) is 0 Å². The van der Waals surface area contributed by atoms with Crippen LogP contribution in [0, 0.1) is 6.92 Å². The number of sulfonamides is 1. The molecule has 0 aromatic heterocycles. The Morgan fingerprint density at radius 1 is 1.47 bits per heavy atom. The number of halogens is 1. The lowest BCUT2D eigenvalue weighted by molar-refractivity contribution is -0.143. The van der Waals surface area contributed by atoms with E-state index in [1.165, 1.54) is 13.0 Å². The van der Waals surface area contributed by atoms with Crippen LogP contribution in [0.25, 0.3) is 0 Å². The van der Waals surface area contributed by atoms with Gasteiger partial charge in [-0.05, 0) is 38.0 Å². The second kappa shape index (κ2) is 5.48. The van der Waals surface area contributed by atoms with E-state index >= 15 is 0 Å². The van der Waals surface area contributed by atoms with E-state index in [-0.39, 0.29) is 16.3 Å². The fourth-order valence-electron chi connectivity index (χ4n) is 1.48. The van der Waals surface area contributed by atoms with Crippen molar-refractivity contribution in [1.82, 2.24) is 4.72 Å². The molecule has 7 heteroatoms. The van der Waals surface area contributed by atoms with E-state index in [1.54, 1.807) is 26.0 Å². The van der Waals surface area contributed by atoms with Crippen LogP contribution in [0.2, 0.25) is 5.02 Å². The van der Waals surface area contributed by atoms with Gasteiger partial charge in [0.05, 0.1) is 4.90 Å². The standard InChI is InChI=1S/C12H16ClNO4S/c1-4-12(3,11(15)16)14-19(17,18)10-7-9(13)6-5-8(10)2/h5-7,14H,4H2,1-3H3,(H,15,16). The summed E-state index contributed by atoms with van der Waals surface area (Å²) in [6.45, 7) is 4.54. The molecule has 5 nitrogen and oxygen atoms in total. The number of carboxylic acid groups (broad SMARTS) is 1. The Bertz CT molecular complexity index is 600. The first-order chi connectivity index (χ1) is 8.62. The van der Waals surface area contributed by atoms with Gasteiger partial charge in [-0.1, -0.05) is 24.6 Å². The third kappa shape index (κ3) is 3.46. The predicted octanol–water partition coefficient (Wildman–Crippen LogP) is 2.18. The maximum atomic E-state index is 12.3. The van der Waals surface area contributed by atoms with Gasteiger partial charge in [0.2, 0.25) is 10.0 Å². The van der Waals surface area contributed by atoms with Gasteiger partial charge in [0, 0.05) is 5.02 Å². The molecule has 0 saturated carbocycles. The number of nitrogens with one attached hydrogen (secondary N) is 1. The molecule has 0 saturated heterocycles. The van der Waals surface area contributed by atoms with Gasteiger partial charge < -0.3 is 5.11 Å². The normalized spacial score (nSPS) is 14.9. The molecule has 0 aliphatic rings. The molecule has 0 amide bonds. The molecule has 0 aliphatic carbocycles. The first-order valence-corrected chi connectivity index (χ1v) is 7.52. The Balaban J connectivity index is 3.26. The van der Waals surface area contributed by atoms with Gasteiger partial charge >= 0.3 is 5.97 Å². The van der Waals surface area contributed by atoms with Crippen molar-refractivity contribution in [1.29, 1.82) is 0 Å². The summed E-state index contributed by atoms with van der Waals surface area (Å²) in [5, 5.41) is 9.39. The zero-order valence-corrected chi connectivity index (χ0v) is 12.5. The molecule has 0 heterocycles. The van der Waals surface area contributed by atoms with Gasteiger partial charge in [-0.25, -0.2) is 8.42 Å². The average molecular weight is 306 g/mol. The van der Waals surface area contributed by atoms with Crippen molar-refractivity contribution in [2.45, 2.75) is 37.6 Å². The number of rotatable bonds is 5. The zero-order valence-electron chi connectivity index (χ0n) is 10.9. The maximum Gasteiger partial charge on any atom is 0.324 e. The quantitative estimate of drug-likeness (QED) is 0.873. The van der Waals surface area contributed by atoms with Crippen LogP contribution in [0.4, 0.5) is 0 Å². The van der Waals surface area contributed by atoms with Crippen LogP contribution in [0.15, 0.2) is 23.1 Å². The van der Waals surface area contributed by atoms with Crippen molar-refractivity contribution in [3.8, 4) is 0 Å². The molecule has 1 unspecified atom stereocenters. The van der Waals surface area contributed by atoms with Crippen molar-refractivity contribution in [2.24, 2.45) is 0 Å². The molecular weight excluding hydrogens is 290 g/mol. The third-order valence-electron chi connectivity index (χ3n) is 2.98. The fourth-order valence-corrected chi connectivity index (χ4v) is 3.43. The number of aryl methyl sites for hydroxylation is 1. The van der Waals surface area contributed by atoms with Gasteiger partial charge in [0.1, 0.15) is 5.54 Å². The van der Waals surface area contributed by atoms with Gasteiger partial charge in [0.15, 0.2) is 0 Å². The van der Waals surface area contributed by atoms with E-state index < -0.39 is 21.5 Å². The Kier molecular flexibility index (Phi) is 4.60. The number of benzene rings is 1. The largest absolute Gasteiger partial charge is 0.480 e. The molecule has 1 atom stereocenters. The zero-order chi connectivity index (χ0) is 14.8. The fraction of sp³-hybridized carbons (Fsp3) is 0.417. The predicted molar refractivity (Wildman–Crippen MR) is 72.8 cm³/mol. The SMILES string of the molecule is CCC(C)(NS(=O)(=O)c1cc(Cl)ccc1C)C(=O)O. The van der Waals surface area contributed by atoms with E-state index in [0.717, 1.165) is 0 Å². The van der Waals surface area contributed by atoms with Crippen molar-refractivity contribution < 1.29 is 18.3 Å². The summed E-state index contributed by atoms with van der Waals surface area (Å²) >= 11 is 5.78. The molecule has 1 rings (SSSR count). The van der Waals surface area contributed by atoms with Crippen LogP contribution >= 0.6 is 11.6 Å². The number of carboxylic acids is 1. The van der Waals surface area contributed by atoms with Crippen LogP contribution in [0.3, 0.4) is 0 Å². The van der Waals surface area contributed by atoms with E-state index in [2.05, 4.69) is 4.72 Å². The summed E-state index contributed by atoms with van der Waals surface area (Å²) in [6, 6.07) is 4.45. The van der Waals surface area contributed by atoms with Crippen LogP contribution in [0.1, 0.15) is 25.8 Å². The average Bonchev–Trinajstić information content (AvgIpc) is 2.31. The Labute approximate surface area is 117 Å². The smallest absolute Gasteiger partial charge is 0.324 e. The van der Waals surface area contributed by atoms with Gasteiger partial charge in [0.25, 0.3) is 0 Å². The van der Waals surface area contributed by atoms with Crippen molar-refractivity contribution in [2.75, 3.05) is 0 Å². The number of carbonyl (C=O) groups is 1. The highest BCUT2D eigenvalue weighted by molar-refractivity contribution is 7.89. The Morgan fingerprint density at radius 2 is 2.05 bits per heavy atom. The van der Waals surface area contributed by atoms with Crippen LogP contribution in [-0.4, -0.2) is 25.0 Å². The third-order valence-corrected chi connectivity index (χ3v) is 4.95. The van der Waals surface area contributed by atoms with Crippen LogP contribution in [0.5, 0.6) is 0 Å². The second-order valence-corrected chi connectivity index (χ2v) is 6.59. The molecule has 1 aromatic rings. The molecule has 0 spiro atoms. The highest BCUT2D eigenvalue weighted by Crippen LogP contribution is 2.22. The van der Waals surface area contributed by atoms with Gasteiger partial charge in [-0.3, -0.25) is 4.79 Å². The topological polar surface area (TPSA) is 83.5 Å². The lowest BCUT2D eigenvalue weighted by Gasteiger charge is -2.24. The molecular formula is C12H16ClNO4S. The lowest BCUT2D eigenvalue weighted by atomic mass is 10.0. The van der Waals surface area contributed by atoms with E-state index in [1.807, 2.05) is 0 Å². The van der Waals surface area contributed by atoms with Crippen molar-refractivity contribution in [3.05, 3.63) is 28.8 Å². The monoisotopic (exact) mass is 305 g/mol. The Morgan fingerprint density at radius 3 is 2.53 bits per heavy atom. The van der Waals surface area contributed by atoms with Gasteiger partial charge in [-0.2, -0.15) is 4.72 Å². The minimum Gasteiger partial charge on any atom is -0.480 e. The van der Waals surface area contributed by atoms with E-state index in [9.17, 15) is 13.2 Å². The molecule has 0 fully saturated rings. The molecule has 0 radical (unpaired) electrons. The maximum absolute atomic E-state index is 12.3. The summed E-state index contributed by atoms with van der Waals surface area (Å²) < 4.78 is 26.7. The highest BCUT2D eigenvalue weighted by Gasteiger charge is 2.36. The number of hydrogen-bond acceptors (Lipinski definition) is 3. The summed E-state index contributed by atoms with van der Waals surface area (Å²) in [5.74, 6) is -1.22. The summed E-state index contributed by atoms with van der Waals surface area (Å²) in [6.07, 6.45) is 0.126. The van der Waals surface area contributed by atoms with Crippen LogP contribution in [-0.2, 0) is 14.8 Å². The molecule has 0 bridgehead atoms. The summed E-state index contributed by atoms with van der Waals surface area (Å²) in [5.41, 5.74) is -1.05. The van der Waals surface area contributed by atoms with Crippen molar-refractivity contribution >= 4 is 27.6 Å². The second-order valence-electron chi connectivity index (χ2n) is 4.51. The molecule has 19 heavy (non-hydrogen) atoms. The summed E-state index contributed by atoms with van der Waals surface area (Å²) in [4.78, 5) is 11.1. The minimum absolute atomic E-state index is 0.0130. The number of hydrogen-bond donors (Lipinski definition) is 2. The lowest BCUT2D eigenvalue weighted by Crippen LogP contribution is -2.51. The van der Waals surface area contributed by atoms with Crippen molar-refractivity contribution in [3.63, 3.8) is 0 Å².